The number of hydrogen-bond acceptors (Lipinski definition) is 4. The Morgan fingerprint density at radius 1 is 1.56 bits per heavy atom. The lowest BCUT2D eigenvalue weighted by atomic mass is 10.4. The van der Waals surface area contributed by atoms with Crippen LogP contribution in [0.25, 0.3) is 0 Å². The fourth-order valence-corrected chi connectivity index (χ4v) is 1.48. The number of ether oxygens (including phenoxy) is 1. The topological polar surface area (TPSA) is 96.3 Å². The number of morpholine rings is 1. The summed E-state index contributed by atoms with van der Waals surface area (Å²) in [6.45, 7) is 4.13. The molecule has 2 rings (SSSR count). The van der Waals surface area contributed by atoms with Crippen LogP contribution >= 0.6 is 0 Å². The van der Waals surface area contributed by atoms with Crippen LogP contribution in [0.1, 0.15) is 5.69 Å². The van der Waals surface area contributed by atoms with E-state index in [1.165, 1.54) is 0 Å². The number of carbonyl (C=O) groups is 1. The first-order valence-electron chi connectivity index (χ1n) is 5.12. The van der Waals surface area contributed by atoms with Crippen LogP contribution in [0.3, 0.4) is 0 Å². The maximum atomic E-state index is 11.8. The van der Waals surface area contributed by atoms with Gasteiger partial charge in [-0.05, 0) is 6.92 Å². The number of aromatic nitrogens is 2. The number of hydrogen-bond donors (Lipinski definition) is 3. The molecule has 0 spiro atoms. The third-order valence-electron chi connectivity index (χ3n) is 2.52. The number of nitrogen functional groups attached to an aromatic ring is 1. The second-order valence-corrected chi connectivity index (χ2v) is 3.64. The van der Waals surface area contributed by atoms with Crippen LogP contribution in [0.4, 0.5) is 16.3 Å². The highest BCUT2D eigenvalue weighted by Gasteiger charge is 2.18. The van der Waals surface area contributed by atoms with Gasteiger partial charge in [0.25, 0.3) is 0 Å². The maximum absolute atomic E-state index is 11.8. The van der Waals surface area contributed by atoms with Crippen LogP contribution in [0.5, 0.6) is 0 Å². The Labute approximate surface area is 92.9 Å². The number of nitrogens with zero attached hydrogens (tertiary/aromatic N) is 2. The standard InChI is InChI=1S/C9H15N5O2/c1-6-7(10)8(13-12-6)11-9(15)14-2-4-16-5-3-14/h2-5,10H2,1H3,(H2,11,12,13,15). The van der Waals surface area contributed by atoms with Crippen molar-refractivity contribution in [2.75, 3.05) is 37.4 Å². The number of aryl methyl sites for hydroxylation is 1. The highest BCUT2D eigenvalue weighted by atomic mass is 16.5. The minimum absolute atomic E-state index is 0.193. The summed E-state index contributed by atoms with van der Waals surface area (Å²) < 4.78 is 5.16. The third kappa shape index (κ3) is 2.08. The Balaban J connectivity index is 1.98. The first-order valence-corrected chi connectivity index (χ1v) is 5.12. The van der Waals surface area contributed by atoms with Gasteiger partial charge in [0.1, 0.15) is 0 Å². The van der Waals surface area contributed by atoms with Crippen molar-refractivity contribution < 1.29 is 9.53 Å². The van der Waals surface area contributed by atoms with Gasteiger partial charge in [0.05, 0.1) is 24.6 Å². The number of nitrogens with one attached hydrogen (secondary N) is 2. The van der Waals surface area contributed by atoms with Crippen molar-refractivity contribution in [2.24, 2.45) is 0 Å². The molecular weight excluding hydrogens is 210 g/mol. The summed E-state index contributed by atoms with van der Waals surface area (Å²) in [5, 5.41) is 9.29. The number of rotatable bonds is 1. The Morgan fingerprint density at radius 2 is 2.25 bits per heavy atom. The van der Waals surface area contributed by atoms with Gasteiger partial charge in [0, 0.05) is 13.1 Å². The molecule has 2 heterocycles. The van der Waals surface area contributed by atoms with Gasteiger partial charge in [0.15, 0.2) is 5.82 Å². The van der Waals surface area contributed by atoms with Crippen molar-refractivity contribution in [1.82, 2.24) is 15.1 Å². The van der Waals surface area contributed by atoms with Gasteiger partial charge in [-0.15, -0.1) is 0 Å². The minimum Gasteiger partial charge on any atom is -0.394 e. The van der Waals surface area contributed by atoms with E-state index in [4.69, 9.17) is 10.5 Å². The van der Waals surface area contributed by atoms with Gasteiger partial charge < -0.3 is 15.4 Å². The van der Waals surface area contributed by atoms with E-state index in [2.05, 4.69) is 15.5 Å². The van der Waals surface area contributed by atoms with Gasteiger partial charge in [-0.3, -0.25) is 10.4 Å². The summed E-state index contributed by atoms with van der Waals surface area (Å²) in [5.74, 6) is 0.383. The summed E-state index contributed by atoms with van der Waals surface area (Å²) in [6.07, 6.45) is 0. The molecule has 88 valence electrons. The summed E-state index contributed by atoms with van der Waals surface area (Å²) in [5.41, 5.74) is 6.95. The molecule has 1 aromatic rings. The minimum atomic E-state index is -0.193. The highest BCUT2D eigenvalue weighted by molar-refractivity contribution is 5.91. The van der Waals surface area contributed by atoms with Gasteiger partial charge in [-0.2, -0.15) is 5.10 Å². The molecule has 4 N–H and O–H groups in total. The zero-order chi connectivity index (χ0) is 11.5. The molecule has 16 heavy (non-hydrogen) atoms. The van der Waals surface area contributed by atoms with E-state index >= 15 is 0 Å². The van der Waals surface area contributed by atoms with E-state index in [0.29, 0.717) is 37.8 Å². The molecule has 0 saturated carbocycles. The molecule has 1 aromatic heterocycles. The van der Waals surface area contributed by atoms with Crippen LogP contribution in [0, 0.1) is 6.92 Å². The molecule has 0 aliphatic carbocycles. The lowest BCUT2D eigenvalue weighted by Crippen LogP contribution is -2.43. The van der Waals surface area contributed by atoms with Crippen molar-refractivity contribution in [3.05, 3.63) is 5.69 Å². The third-order valence-corrected chi connectivity index (χ3v) is 2.52. The van der Waals surface area contributed by atoms with Crippen molar-refractivity contribution in [2.45, 2.75) is 6.92 Å². The molecule has 1 aliphatic heterocycles. The molecule has 0 unspecified atom stereocenters. The number of H-pyrrole nitrogens is 1. The number of carbonyl (C=O) groups excluding carboxylic acids is 1. The number of aromatic amines is 1. The number of nitrogens with two attached hydrogens (primary N) is 1. The van der Waals surface area contributed by atoms with Crippen LogP contribution in [-0.4, -0.2) is 47.4 Å². The summed E-state index contributed by atoms with van der Waals surface area (Å²) >= 11 is 0. The lowest BCUT2D eigenvalue weighted by Gasteiger charge is -2.26. The SMILES string of the molecule is Cc1[nH]nc(NC(=O)N2CCOCC2)c1N. The average Bonchev–Trinajstić information content (AvgIpc) is 2.62. The van der Waals surface area contributed by atoms with E-state index in [0.717, 1.165) is 5.69 Å². The van der Waals surface area contributed by atoms with Crippen molar-refractivity contribution in [3.8, 4) is 0 Å². The van der Waals surface area contributed by atoms with E-state index in [9.17, 15) is 4.79 Å². The molecular formula is C9H15N5O2. The highest BCUT2D eigenvalue weighted by Crippen LogP contribution is 2.18. The Bertz CT molecular complexity index is 383. The number of anilines is 2. The quantitative estimate of drug-likeness (QED) is 0.634. The van der Waals surface area contributed by atoms with E-state index < -0.39 is 0 Å². The molecule has 0 bridgehead atoms. The predicted molar refractivity (Wildman–Crippen MR) is 59.1 cm³/mol. The molecule has 0 radical (unpaired) electrons. The Morgan fingerprint density at radius 3 is 2.81 bits per heavy atom. The molecule has 2 amide bonds. The molecule has 1 fully saturated rings. The maximum Gasteiger partial charge on any atom is 0.323 e. The average molecular weight is 225 g/mol. The second kappa shape index (κ2) is 4.40. The zero-order valence-corrected chi connectivity index (χ0v) is 9.12. The molecule has 1 aliphatic rings. The number of urea groups is 1. The first-order chi connectivity index (χ1) is 7.68. The first kappa shape index (κ1) is 10.7. The molecule has 0 atom stereocenters. The zero-order valence-electron chi connectivity index (χ0n) is 9.12. The molecule has 7 nitrogen and oxygen atoms in total. The van der Waals surface area contributed by atoms with Gasteiger partial charge in [-0.25, -0.2) is 4.79 Å². The molecule has 0 aromatic carbocycles. The van der Waals surface area contributed by atoms with E-state index in [1.807, 2.05) is 0 Å². The van der Waals surface area contributed by atoms with Gasteiger partial charge in [-0.1, -0.05) is 0 Å². The van der Waals surface area contributed by atoms with Crippen LogP contribution in [-0.2, 0) is 4.74 Å². The normalized spacial score (nSPS) is 16.2. The summed E-state index contributed by atoms with van der Waals surface area (Å²) in [4.78, 5) is 13.5. The van der Waals surface area contributed by atoms with Crippen molar-refractivity contribution >= 4 is 17.5 Å². The van der Waals surface area contributed by atoms with E-state index in [1.54, 1.807) is 11.8 Å². The smallest absolute Gasteiger partial charge is 0.323 e. The van der Waals surface area contributed by atoms with Crippen molar-refractivity contribution in [3.63, 3.8) is 0 Å². The fraction of sp³-hybridized carbons (Fsp3) is 0.556. The van der Waals surface area contributed by atoms with Crippen molar-refractivity contribution in [1.29, 1.82) is 0 Å². The van der Waals surface area contributed by atoms with E-state index in [-0.39, 0.29) is 6.03 Å². The Hall–Kier alpha value is -1.76. The van der Waals surface area contributed by atoms with Crippen LogP contribution < -0.4 is 11.1 Å². The molecule has 1 saturated heterocycles. The summed E-state index contributed by atoms with van der Waals surface area (Å²) in [6, 6.07) is -0.193. The Kier molecular flexibility index (Phi) is 2.95. The summed E-state index contributed by atoms with van der Waals surface area (Å²) in [7, 11) is 0. The van der Waals surface area contributed by atoms with Gasteiger partial charge >= 0.3 is 6.03 Å². The second-order valence-electron chi connectivity index (χ2n) is 3.64. The largest absolute Gasteiger partial charge is 0.394 e. The monoisotopic (exact) mass is 225 g/mol. The predicted octanol–water partition coefficient (Wildman–Crippen LogP) is 0.164. The van der Waals surface area contributed by atoms with Crippen LogP contribution in [0.15, 0.2) is 0 Å². The van der Waals surface area contributed by atoms with Gasteiger partial charge in [0.2, 0.25) is 0 Å². The number of amides is 2. The fourth-order valence-electron chi connectivity index (χ4n) is 1.48. The lowest BCUT2D eigenvalue weighted by molar-refractivity contribution is 0.0564. The van der Waals surface area contributed by atoms with Crippen LogP contribution in [0.2, 0.25) is 0 Å². The molecule has 7 heteroatoms.